The van der Waals surface area contributed by atoms with E-state index in [0.717, 1.165) is 44.6 Å². The molecule has 6 heteroatoms. The molecule has 1 N–H and O–H groups in total. The van der Waals surface area contributed by atoms with Crippen molar-refractivity contribution in [2.75, 3.05) is 32.7 Å². The Labute approximate surface area is 133 Å². The van der Waals surface area contributed by atoms with Gasteiger partial charge < -0.3 is 14.6 Å². The van der Waals surface area contributed by atoms with Gasteiger partial charge in [0.25, 0.3) is 0 Å². The first-order valence-corrected chi connectivity index (χ1v) is 8.47. The molecule has 3 aliphatic rings. The van der Waals surface area contributed by atoms with Gasteiger partial charge in [-0.2, -0.15) is 0 Å². The first-order valence-electron chi connectivity index (χ1n) is 8.47. The van der Waals surface area contributed by atoms with Crippen molar-refractivity contribution in [3.05, 3.63) is 11.3 Å². The Bertz CT molecular complexity index is 441. The summed E-state index contributed by atoms with van der Waals surface area (Å²) in [5.41, 5.74) is -0.252. The lowest BCUT2D eigenvalue weighted by molar-refractivity contribution is 0.00578. The van der Waals surface area contributed by atoms with Crippen LogP contribution in [0.2, 0.25) is 0 Å². The SMILES string of the molecule is CC1(C)OB(C(F)=C(CN2CCNCC2)C2CC2)OC1(C)C. The molecule has 0 spiro atoms. The maximum Gasteiger partial charge on any atom is 0.525 e. The Morgan fingerprint density at radius 1 is 1.14 bits per heavy atom. The molecule has 0 aromatic carbocycles. The van der Waals surface area contributed by atoms with Gasteiger partial charge in [0.05, 0.1) is 11.2 Å². The summed E-state index contributed by atoms with van der Waals surface area (Å²) in [6.07, 6.45) is 2.18. The van der Waals surface area contributed by atoms with Crippen molar-refractivity contribution in [2.45, 2.75) is 51.7 Å². The second-order valence-corrected chi connectivity index (χ2v) is 7.76. The van der Waals surface area contributed by atoms with Gasteiger partial charge in [-0.1, -0.05) is 0 Å². The predicted octanol–water partition coefficient (Wildman–Crippen LogP) is 2.16. The molecule has 1 aliphatic carbocycles. The molecule has 0 bridgehead atoms. The second-order valence-electron chi connectivity index (χ2n) is 7.76. The van der Waals surface area contributed by atoms with Gasteiger partial charge in [-0.3, -0.25) is 4.90 Å². The van der Waals surface area contributed by atoms with Gasteiger partial charge in [0, 0.05) is 32.7 Å². The summed E-state index contributed by atoms with van der Waals surface area (Å²) in [7, 11) is -0.844. The molecule has 1 saturated carbocycles. The van der Waals surface area contributed by atoms with E-state index < -0.39 is 18.3 Å². The summed E-state index contributed by atoms with van der Waals surface area (Å²) in [6.45, 7) is 12.5. The quantitative estimate of drug-likeness (QED) is 0.807. The number of nitrogens with zero attached hydrogens (tertiary/aromatic N) is 1. The number of nitrogens with one attached hydrogen (secondary N) is 1. The van der Waals surface area contributed by atoms with Crippen molar-refractivity contribution < 1.29 is 13.7 Å². The minimum atomic E-state index is -0.844. The molecule has 22 heavy (non-hydrogen) atoms. The lowest BCUT2D eigenvalue weighted by Gasteiger charge is -2.32. The zero-order valence-electron chi connectivity index (χ0n) is 14.2. The van der Waals surface area contributed by atoms with E-state index in [-0.39, 0.29) is 5.73 Å². The Hall–Kier alpha value is -0.425. The largest absolute Gasteiger partial charge is 0.525 e. The van der Waals surface area contributed by atoms with Crippen LogP contribution in [-0.2, 0) is 9.31 Å². The van der Waals surface area contributed by atoms with E-state index in [9.17, 15) is 0 Å². The summed E-state index contributed by atoms with van der Waals surface area (Å²) in [5.74, 6) is 0.383. The lowest BCUT2D eigenvalue weighted by atomic mass is 9.83. The smallest absolute Gasteiger partial charge is 0.398 e. The number of rotatable bonds is 4. The predicted molar refractivity (Wildman–Crippen MR) is 86.2 cm³/mol. The molecule has 3 rings (SSSR count). The van der Waals surface area contributed by atoms with Crippen LogP contribution in [0.25, 0.3) is 0 Å². The highest BCUT2D eigenvalue weighted by Gasteiger charge is 2.54. The Kier molecular flexibility index (Phi) is 4.40. The molecule has 2 saturated heterocycles. The van der Waals surface area contributed by atoms with E-state index >= 15 is 4.39 Å². The van der Waals surface area contributed by atoms with Crippen LogP contribution in [0.3, 0.4) is 0 Å². The van der Waals surface area contributed by atoms with E-state index in [1.165, 1.54) is 0 Å². The van der Waals surface area contributed by atoms with Crippen LogP contribution in [0.5, 0.6) is 0 Å². The molecular weight excluding hydrogens is 282 g/mol. The van der Waals surface area contributed by atoms with Crippen LogP contribution >= 0.6 is 0 Å². The third-order valence-corrected chi connectivity index (χ3v) is 5.44. The van der Waals surface area contributed by atoms with Crippen molar-refractivity contribution in [1.82, 2.24) is 10.2 Å². The van der Waals surface area contributed by atoms with Crippen LogP contribution in [0, 0.1) is 5.92 Å². The second kappa shape index (κ2) is 5.89. The molecule has 124 valence electrons. The van der Waals surface area contributed by atoms with E-state index in [1.807, 2.05) is 27.7 Å². The van der Waals surface area contributed by atoms with Crippen molar-refractivity contribution >= 4 is 7.12 Å². The summed E-state index contributed by atoms with van der Waals surface area (Å²) < 4.78 is 26.9. The first-order chi connectivity index (χ1) is 10.3. The minimum Gasteiger partial charge on any atom is -0.398 e. The van der Waals surface area contributed by atoms with Crippen molar-refractivity contribution in [2.24, 2.45) is 5.92 Å². The molecule has 0 aromatic heterocycles. The third-order valence-electron chi connectivity index (χ3n) is 5.44. The number of hydrogen-bond acceptors (Lipinski definition) is 4. The van der Waals surface area contributed by atoms with Crippen molar-refractivity contribution in [1.29, 1.82) is 0 Å². The van der Waals surface area contributed by atoms with Crippen LogP contribution < -0.4 is 5.32 Å². The molecular formula is C16H28BFN2O2. The minimum absolute atomic E-state index is 0.181. The lowest BCUT2D eigenvalue weighted by Crippen LogP contribution is -2.44. The number of piperazine rings is 1. The van der Waals surface area contributed by atoms with Gasteiger partial charge in [0.1, 0.15) is 5.73 Å². The number of hydrogen-bond donors (Lipinski definition) is 1. The Morgan fingerprint density at radius 2 is 1.68 bits per heavy atom. The van der Waals surface area contributed by atoms with Crippen LogP contribution in [0.15, 0.2) is 11.3 Å². The van der Waals surface area contributed by atoms with E-state index in [1.54, 1.807) is 0 Å². The highest BCUT2D eigenvalue weighted by atomic mass is 19.1. The zero-order chi connectivity index (χ0) is 16.0. The van der Waals surface area contributed by atoms with Crippen molar-refractivity contribution in [3.8, 4) is 0 Å². The molecule has 2 heterocycles. The standard InChI is InChI=1S/C16H28BFN2O2/c1-15(2)16(3,4)22-17(21-15)14(18)13(12-5-6-12)11-20-9-7-19-8-10-20/h12,19H,5-11H2,1-4H3. The monoisotopic (exact) mass is 310 g/mol. The average molecular weight is 310 g/mol. The fraction of sp³-hybridized carbons (Fsp3) is 0.875. The van der Waals surface area contributed by atoms with Crippen LogP contribution in [0.4, 0.5) is 4.39 Å². The summed E-state index contributed by atoms with van der Waals surface area (Å²) in [4.78, 5) is 2.33. The van der Waals surface area contributed by atoms with E-state index in [2.05, 4.69) is 10.2 Å². The summed E-state index contributed by atoms with van der Waals surface area (Å²) in [5, 5.41) is 3.34. The fourth-order valence-corrected chi connectivity index (χ4v) is 3.04. The normalized spacial score (nSPS) is 29.6. The molecule has 4 nitrogen and oxygen atoms in total. The van der Waals surface area contributed by atoms with Crippen molar-refractivity contribution in [3.63, 3.8) is 0 Å². The topological polar surface area (TPSA) is 33.7 Å². The maximum atomic E-state index is 15.1. The van der Waals surface area contributed by atoms with Gasteiger partial charge >= 0.3 is 7.12 Å². The van der Waals surface area contributed by atoms with Crippen LogP contribution in [0.1, 0.15) is 40.5 Å². The van der Waals surface area contributed by atoms with Gasteiger partial charge in [-0.25, -0.2) is 4.39 Å². The van der Waals surface area contributed by atoms with Gasteiger partial charge in [-0.05, 0) is 52.0 Å². The highest BCUT2D eigenvalue weighted by Crippen LogP contribution is 2.43. The number of halogens is 1. The van der Waals surface area contributed by atoms with E-state index in [4.69, 9.17) is 9.31 Å². The van der Waals surface area contributed by atoms with Gasteiger partial charge in [0.15, 0.2) is 0 Å². The molecule has 0 amide bonds. The van der Waals surface area contributed by atoms with Crippen LogP contribution in [-0.4, -0.2) is 55.9 Å². The molecule has 0 aromatic rings. The molecule has 0 atom stereocenters. The summed E-state index contributed by atoms with van der Waals surface area (Å²) >= 11 is 0. The van der Waals surface area contributed by atoms with Gasteiger partial charge in [-0.15, -0.1) is 0 Å². The third kappa shape index (κ3) is 3.25. The fourth-order valence-electron chi connectivity index (χ4n) is 3.04. The zero-order valence-corrected chi connectivity index (χ0v) is 14.2. The van der Waals surface area contributed by atoms with Gasteiger partial charge in [0.2, 0.25) is 0 Å². The highest BCUT2D eigenvalue weighted by molar-refractivity contribution is 6.53. The Balaban J connectivity index is 1.75. The Morgan fingerprint density at radius 3 is 2.18 bits per heavy atom. The average Bonchev–Trinajstić information content (AvgIpc) is 3.25. The maximum absolute atomic E-state index is 15.1. The molecule has 0 unspecified atom stereocenters. The van der Waals surface area contributed by atoms with E-state index in [0.29, 0.717) is 12.5 Å². The molecule has 2 aliphatic heterocycles. The molecule has 0 radical (unpaired) electrons. The molecule has 3 fully saturated rings. The first kappa shape index (κ1) is 16.4. The summed E-state index contributed by atoms with van der Waals surface area (Å²) in [6, 6.07) is 0.